The standard InChI is InChI=1S/C14H12N2O2/c17-16(18)12-6-7-13-11(8-12)9-14(15-13)10-4-2-1-3-5-10/h1-8,14-15H,9H2. The Balaban J connectivity index is 1.90. The number of anilines is 1. The van der Waals surface area contributed by atoms with E-state index in [-0.39, 0.29) is 16.7 Å². The number of nitrogens with zero attached hydrogens (tertiary/aromatic N) is 1. The first-order valence-electron chi connectivity index (χ1n) is 5.83. The Morgan fingerprint density at radius 1 is 1.17 bits per heavy atom. The molecular formula is C14H12N2O2. The van der Waals surface area contributed by atoms with Crippen molar-refractivity contribution in [2.45, 2.75) is 12.5 Å². The van der Waals surface area contributed by atoms with Crippen molar-refractivity contribution in [1.82, 2.24) is 0 Å². The number of benzene rings is 2. The molecular weight excluding hydrogens is 228 g/mol. The molecule has 1 aliphatic heterocycles. The van der Waals surface area contributed by atoms with Crippen LogP contribution in [0.15, 0.2) is 48.5 Å². The summed E-state index contributed by atoms with van der Waals surface area (Å²) in [7, 11) is 0. The number of rotatable bonds is 2. The molecule has 0 bridgehead atoms. The Labute approximate surface area is 104 Å². The van der Waals surface area contributed by atoms with E-state index in [9.17, 15) is 10.1 Å². The van der Waals surface area contributed by atoms with Gasteiger partial charge in [-0.25, -0.2) is 0 Å². The Hall–Kier alpha value is -2.36. The fourth-order valence-electron chi connectivity index (χ4n) is 2.35. The summed E-state index contributed by atoms with van der Waals surface area (Å²) in [4.78, 5) is 10.4. The largest absolute Gasteiger partial charge is 0.378 e. The fourth-order valence-corrected chi connectivity index (χ4v) is 2.35. The number of nitro groups is 1. The molecule has 1 unspecified atom stereocenters. The number of non-ortho nitro benzene ring substituents is 1. The van der Waals surface area contributed by atoms with Crippen molar-refractivity contribution < 1.29 is 4.92 Å². The van der Waals surface area contributed by atoms with E-state index in [0.29, 0.717) is 0 Å². The van der Waals surface area contributed by atoms with E-state index >= 15 is 0 Å². The summed E-state index contributed by atoms with van der Waals surface area (Å²) in [5.41, 5.74) is 3.37. The van der Waals surface area contributed by atoms with E-state index < -0.39 is 0 Å². The summed E-state index contributed by atoms with van der Waals surface area (Å²) in [5, 5.41) is 14.1. The first kappa shape index (κ1) is 10.8. The Bertz CT molecular complexity index is 596. The van der Waals surface area contributed by atoms with Crippen LogP contribution in [0, 0.1) is 10.1 Å². The molecule has 18 heavy (non-hydrogen) atoms. The molecule has 0 aliphatic carbocycles. The molecule has 4 heteroatoms. The van der Waals surface area contributed by atoms with Crippen molar-refractivity contribution in [1.29, 1.82) is 0 Å². The van der Waals surface area contributed by atoms with Crippen LogP contribution in [-0.4, -0.2) is 4.92 Å². The summed E-state index contributed by atoms with van der Waals surface area (Å²) in [6.07, 6.45) is 0.793. The van der Waals surface area contributed by atoms with Gasteiger partial charge in [0.25, 0.3) is 5.69 Å². The lowest BCUT2D eigenvalue weighted by atomic mass is 10.0. The molecule has 90 valence electrons. The zero-order chi connectivity index (χ0) is 12.5. The van der Waals surface area contributed by atoms with Gasteiger partial charge >= 0.3 is 0 Å². The van der Waals surface area contributed by atoms with E-state index in [0.717, 1.165) is 17.7 Å². The molecule has 1 atom stereocenters. The van der Waals surface area contributed by atoms with E-state index in [4.69, 9.17) is 0 Å². The minimum absolute atomic E-state index is 0.157. The van der Waals surface area contributed by atoms with Gasteiger partial charge in [-0.3, -0.25) is 10.1 Å². The van der Waals surface area contributed by atoms with Gasteiger partial charge in [0.05, 0.1) is 11.0 Å². The number of fused-ring (bicyclic) bond motifs is 1. The zero-order valence-electron chi connectivity index (χ0n) is 9.67. The minimum Gasteiger partial charge on any atom is -0.378 e. The molecule has 0 spiro atoms. The summed E-state index contributed by atoms with van der Waals surface area (Å²) in [6, 6.07) is 15.3. The summed E-state index contributed by atoms with van der Waals surface area (Å²) in [5.74, 6) is 0. The topological polar surface area (TPSA) is 55.2 Å². The second-order valence-corrected chi connectivity index (χ2v) is 4.41. The Morgan fingerprint density at radius 2 is 1.94 bits per heavy atom. The Kier molecular flexibility index (Phi) is 2.48. The SMILES string of the molecule is O=[N+]([O-])c1ccc2c(c1)CC(c1ccccc1)N2. The van der Waals surface area contributed by atoms with E-state index in [1.807, 2.05) is 18.2 Å². The molecule has 2 aromatic rings. The highest BCUT2D eigenvalue weighted by molar-refractivity contribution is 5.61. The van der Waals surface area contributed by atoms with Crippen LogP contribution >= 0.6 is 0 Å². The second-order valence-electron chi connectivity index (χ2n) is 4.41. The normalized spacial score (nSPS) is 17.0. The maximum Gasteiger partial charge on any atom is 0.269 e. The molecule has 0 radical (unpaired) electrons. The van der Waals surface area contributed by atoms with Gasteiger partial charge in [-0.05, 0) is 23.6 Å². The first-order valence-corrected chi connectivity index (χ1v) is 5.83. The van der Waals surface area contributed by atoms with Crippen molar-refractivity contribution in [3.05, 3.63) is 69.8 Å². The van der Waals surface area contributed by atoms with Gasteiger partial charge in [0, 0.05) is 17.8 Å². The number of hydrogen-bond donors (Lipinski definition) is 1. The van der Waals surface area contributed by atoms with Crippen LogP contribution in [-0.2, 0) is 6.42 Å². The molecule has 1 N–H and O–H groups in total. The zero-order valence-corrected chi connectivity index (χ0v) is 9.67. The van der Waals surface area contributed by atoms with Crippen LogP contribution in [0.4, 0.5) is 11.4 Å². The fraction of sp³-hybridized carbons (Fsp3) is 0.143. The van der Waals surface area contributed by atoms with Gasteiger partial charge in [-0.15, -0.1) is 0 Å². The molecule has 4 nitrogen and oxygen atoms in total. The smallest absolute Gasteiger partial charge is 0.269 e. The maximum atomic E-state index is 10.7. The van der Waals surface area contributed by atoms with Crippen LogP contribution in [0.2, 0.25) is 0 Å². The van der Waals surface area contributed by atoms with Gasteiger partial charge in [0.2, 0.25) is 0 Å². The van der Waals surface area contributed by atoms with Crippen molar-refractivity contribution in [3.63, 3.8) is 0 Å². The lowest BCUT2D eigenvalue weighted by molar-refractivity contribution is -0.384. The van der Waals surface area contributed by atoms with E-state index in [2.05, 4.69) is 17.4 Å². The number of nitrogens with one attached hydrogen (secondary N) is 1. The predicted octanol–water partition coefficient (Wildman–Crippen LogP) is 3.30. The minimum atomic E-state index is -0.351. The number of nitro benzene ring substituents is 1. The Morgan fingerprint density at radius 3 is 2.67 bits per heavy atom. The predicted molar refractivity (Wildman–Crippen MR) is 69.6 cm³/mol. The van der Waals surface area contributed by atoms with E-state index in [1.165, 1.54) is 5.56 Å². The summed E-state index contributed by atoms with van der Waals surface area (Å²) >= 11 is 0. The third-order valence-electron chi connectivity index (χ3n) is 3.26. The van der Waals surface area contributed by atoms with E-state index in [1.54, 1.807) is 18.2 Å². The molecule has 1 heterocycles. The quantitative estimate of drug-likeness (QED) is 0.647. The highest BCUT2D eigenvalue weighted by Crippen LogP contribution is 2.35. The van der Waals surface area contributed by atoms with Crippen molar-refractivity contribution in [3.8, 4) is 0 Å². The van der Waals surface area contributed by atoms with Crippen LogP contribution in [0.25, 0.3) is 0 Å². The molecule has 3 rings (SSSR count). The van der Waals surface area contributed by atoms with Gasteiger partial charge in [-0.1, -0.05) is 30.3 Å². The maximum absolute atomic E-state index is 10.7. The van der Waals surface area contributed by atoms with Crippen LogP contribution in [0.5, 0.6) is 0 Å². The molecule has 0 saturated carbocycles. The van der Waals surface area contributed by atoms with Gasteiger partial charge in [0.15, 0.2) is 0 Å². The highest BCUT2D eigenvalue weighted by atomic mass is 16.6. The lowest BCUT2D eigenvalue weighted by Gasteiger charge is -2.10. The molecule has 0 saturated heterocycles. The molecule has 0 fully saturated rings. The molecule has 2 aromatic carbocycles. The van der Waals surface area contributed by atoms with Gasteiger partial charge in [0.1, 0.15) is 0 Å². The average Bonchev–Trinajstić information content (AvgIpc) is 2.82. The average molecular weight is 240 g/mol. The third kappa shape index (κ3) is 1.82. The van der Waals surface area contributed by atoms with Crippen molar-refractivity contribution in [2.75, 3.05) is 5.32 Å². The van der Waals surface area contributed by atoms with Gasteiger partial charge < -0.3 is 5.32 Å². The highest BCUT2D eigenvalue weighted by Gasteiger charge is 2.23. The second kappa shape index (κ2) is 4.14. The number of hydrogen-bond acceptors (Lipinski definition) is 3. The molecule has 0 amide bonds. The summed E-state index contributed by atoms with van der Waals surface area (Å²) in [6.45, 7) is 0. The van der Waals surface area contributed by atoms with Crippen molar-refractivity contribution >= 4 is 11.4 Å². The van der Waals surface area contributed by atoms with Crippen LogP contribution in [0.3, 0.4) is 0 Å². The van der Waals surface area contributed by atoms with Crippen molar-refractivity contribution in [2.24, 2.45) is 0 Å². The van der Waals surface area contributed by atoms with Crippen LogP contribution in [0.1, 0.15) is 17.2 Å². The van der Waals surface area contributed by atoms with Gasteiger partial charge in [-0.2, -0.15) is 0 Å². The third-order valence-corrected chi connectivity index (χ3v) is 3.26. The molecule has 0 aromatic heterocycles. The first-order chi connectivity index (χ1) is 8.74. The summed E-state index contributed by atoms with van der Waals surface area (Å²) < 4.78 is 0. The van der Waals surface area contributed by atoms with Crippen LogP contribution < -0.4 is 5.32 Å². The monoisotopic (exact) mass is 240 g/mol. The lowest BCUT2D eigenvalue weighted by Crippen LogP contribution is -2.04. The molecule has 1 aliphatic rings.